The summed E-state index contributed by atoms with van der Waals surface area (Å²) in [6.45, 7) is 2.63. The van der Waals surface area contributed by atoms with E-state index < -0.39 is 0 Å². The van der Waals surface area contributed by atoms with Crippen LogP contribution in [0.5, 0.6) is 0 Å². The van der Waals surface area contributed by atoms with Crippen molar-refractivity contribution >= 4 is 5.84 Å². The zero-order chi connectivity index (χ0) is 15.2. The number of oxime groups is 1. The number of nitrogens with zero attached hydrogens (tertiary/aromatic N) is 1. The third kappa shape index (κ3) is 4.03. The van der Waals surface area contributed by atoms with E-state index in [4.69, 9.17) is 10.9 Å². The van der Waals surface area contributed by atoms with E-state index in [2.05, 4.69) is 10.5 Å². The zero-order valence-electron chi connectivity index (χ0n) is 11.8. The van der Waals surface area contributed by atoms with Crippen molar-refractivity contribution < 1.29 is 9.60 Å². The van der Waals surface area contributed by atoms with Crippen LogP contribution in [0.1, 0.15) is 29.7 Å². The molecule has 0 aliphatic rings. The van der Waals surface area contributed by atoms with Crippen LogP contribution < -0.4 is 11.1 Å². The maximum atomic E-state index is 13.2. The Morgan fingerprint density at radius 3 is 2.62 bits per heavy atom. The van der Waals surface area contributed by atoms with Crippen molar-refractivity contribution in [2.75, 3.05) is 0 Å². The van der Waals surface area contributed by atoms with Gasteiger partial charge in [0.15, 0.2) is 5.84 Å². The Morgan fingerprint density at radius 2 is 2.00 bits per heavy atom. The highest BCUT2D eigenvalue weighted by molar-refractivity contribution is 5.96. The molecule has 110 valence electrons. The van der Waals surface area contributed by atoms with Crippen LogP contribution in [0.2, 0.25) is 0 Å². The van der Waals surface area contributed by atoms with Crippen LogP contribution in [-0.4, -0.2) is 11.0 Å². The predicted octanol–water partition coefficient (Wildman–Crippen LogP) is 2.77. The lowest BCUT2D eigenvalue weighted by molar-refractivity contribution is 0.318. The normalized spacial score (nSPS) is 13.1. The van der Waals surface area contributed by atoms with Crippen molar-refractivity contribution in [1.29, 1.82) is 0 Å². The van der Waals surface area contributed by atoms with Gasteiger partial charge in [-0.3, -0.25) is 0 Å². The molecule has 4 nitrogen and oxygen atoms in total. The van der Waals surface area contributed by atoms with Gasteiger partial charge in [-0.25, -0.2) is 4.39 Å². The molecule has 4 N–H and O–H groups in total. The Kier molecular flexibility index (Phi) is 4.90. The fourth-order valence-electron chi connectivity index (χ4n) is 2.02. The maximum absolute atomic E-state index is 13.2. The Balaban J connectivity index is 1.96. The SMILES string of the molecule is C[C@H](NCc1ccc(/C(N)=N/O)cc1)c1cccc(F)c1. The Morgan fingerprint density at radius 1 is 1.29 bits per heavy atom. The molecule has 0 saturated carbocycles. The molecule has 0 heterocycles. The third-order valence-electron chi connectivity index (χ3n) is 3.32. The summed E-state index contributed by atoms with van der Waals surface area (Å²) in [5, 5.41) is 14.9. The molecule has 2 aromatic rings. The minimum atomic E-state index is -0.232. The molecule has 0 spiro atoms. The lowest BCUT2D eigenvalue weighted by Crippen LogP contribution is -2.18. The van der Waals surface area contributed by atoms with Crippen molar-refractivity contribution in [3.05, 3.63) is 71.0 Å². The molecule has 0 aliphatic carbocycles. The molecule has 21 heavy (non-hydrogen) atoms. The summed E-state index contributed by atoms with van der Waals surface area (Å²) in [5.74, 6) is -0.146. The monoisotopic (exact) mass is 287 g/mol. The van der Waals surface area contributed by atoms with Crippen molar-refractivity contribution in [2.24, 2.45) is 10.9 Å². The van der Waals surface area contributed by atoms with E-state index in [0.29, 0.717) is 12.1 Å². The number of hydrogen-bond donors (Lipinski definition) is 3. The molecular formula is C16H18FN3O. The van der Waals surface area contributed by atoms with E-state index in [0.717, 1.165) is 11.1 Å². The number of hydrogen-bond acceptors (Lipinski definition) is 3. The first-order valence-electron chi connectivity index (χ1n) is 6.66. The molecule has 0 unspecified atom stereocenters. The smallest absolute Gasteiger partial charge is 0.170 e. The summed E-state index contributed by atoms with van der Waals surface area (Å²) in [4.78, 5) is 0. The Bertz CT molecular complexity index is 626. The van der Waals surface area contributed by atoms with Gasteiger partial charge in [0, 0.05) is 18.2 Å². The summed E-state index contributed by atoms with van der Waals surface area (Å²) < 4.78 is 13.2. The Labute approximate surface area is 123 Å². The van der Waals surface area contributed by atoms with Gasteiger partial charge >= 0.3 is 0 Å². The van der Waals surface area contributed by atoms with Gasteiger partial charge in [0.05, 0.1) is 0 Å². The second-order valence-corrected chi connectivity index (χ2v) is 4.84. The maximum Gasteiger partial charge on any atom is 0.170 e. The molecule has 0 bridgehead atoms. The number of nitrogens with two attached hydrogens (primary N) is 1. The first kappa shape index (κ1) is 15.0. The van der Waals surface area contributed by atoms with Gasteiger partial charge in [0.2, 0.25) is 0 Å². The molecule has 5 heteroatoms. The van der Waals surface area contributed by atoms with Crippen LogP contribution in [0.3, 0.4) is 0 Å². The minimum Gasteiger partial charge on any atom is -0.409 e. The minimum absolute atomic E-state index is 0.0458. The fraction of sp³-hybridized carbons (Fsp3) is 0.188. The lowest BCUT2D eigenvalue weighted by atomic mass is 10.1. The summed E-state index contributed by atoms with van der Waals surface area (Å²) >= 11 is 0. The summed E-state index contributed by atoms with van der Waals surface area (Å²) in [6.07, 6.45) is 0. The number of nitrogens with one attached hydrogen (secondary N) is 1. The number of halogens is 1. The highest BCUT2D eigenvalue weighted by Crippen LogP contribution is 2.14. The molecular weight excluding hydrogens is 269 g/mol. The van der Waals surface area contributed by atoms with Crippen molar-refractivity contribution in [3.63, 3.8) is 0 Å². The highest BCUT2D eigenvalue weighted by atomic mass is 19.1. The number of benzene rings is 2. The van der Waals surface area contributed by atoms with Crippen LogP contribution in [0.15, 0.2) is 53.7 Å². The quantitative estimate of drug-likeness (QED) is 0.343. The summed E-state index contributed by atoms with van der Waals surface area (Å²) in [6, 6.07) is 14.0. The van der Waals surface area contributed by atoms with Gasteiger partial charge in [-0.1, -0.05) is 41.6 Å². The van der Waals surface area contributed by atoms with Gasteiger partial charge in [-0.15, -0.1) is 0 Å². The second-order valence-electron chi connectivity index (χ2n) is 4.84. The standard InChI is InChI=1S/C16H18FN3O/c1-11(14-3-2-4-15(17)9-14)19-10-12-5-7-13(8-6-12)16(18)20-21/h2-9,11,19,21H,10H2,1H3,(H2,18,20)/t11-/m0/s1. The Hall–Kier alpha value is -2.40. The predicted molar refractivity (Wildman–Crippen MR) is 80.6 cm³/mol. The largest absolute Gasteiger partial charge is 0.409 e. The number of rotatable bonds is 5. The fourth-order valence-corrected chi connectivity index (χ4v) is 2.02. The van der Waals surface area contributed by atoms with Gasteiger partial charge < -0.3 is 16.3 Å². The molecule has 1 atom stereocenters. The molecule has 2 aromatic carbocycles. The van der Waals surface area contributed by atoms with Crippen LogP contribution in [-0.2, 0) is 6.54 Å². The first-order chi connectivity index (χ1) is 10.1. The van der Waals surface area contributed by atoms with Crippen molar-refractivity contribution in [3.8, 4) is 0 Å². The van der Waals surface area contributed by atoms with Gasteiger partial charge in [-0.05, 0) is 30.2 Å². The van der Waals surface area contributed by atoms with E-state index in [1.165, 1.54) is 12.1 Å². The van der Waals surface area contributed by atoms with Gasteiger partial charge in [0.25, 0.3) is 0 Å². The van der Waals surface area contributed by atoms with Crippen LogP contribution in [0.25, 0.3) is 0 Å². The summed E-state index contributed by atoms with van der Waals surface area (Å²) in [7, 11) is 0. The molecule has 0 amide bonds. The van der Waals surface area contributed by atoms with Crippen molar-refractivity contribution in [1.82, 2.24) is 5.32 Å². The average molecular weight is 287 g/mol. The van der Waals surface area contributed by atoms with Crippen LogP contribution >= 0.6 is 0 Å². The van der Waals surface area contributed by atoms with E-state index in [9.17, 15) is 4.39 Å². The van der Waals surface area contributed by atoms with Gasteiger partial charge in [0.1, 0.15) is 5.82 Å². The average Bonchev–Trinajstić information content (AvgIpc) is 2.52. The first-order valence-corrected chi connectivity index (χ1v) is 6.66. The van der Waals surface area contributed by atoms with E-state index >= 15 is 0 Å². The molecule has 0 aromatic heterocycles. The van der Waals surface area contributed by atoms with E-state index in [1.54, 1.807) is 18.2 Å². The molecule has 0 saturated heterocycles. The van der Waals surface area contributed by atoms with Crippen LogP contribution in [0.4, 0.5) is 4.39 Å². The second kappa shape index (κ2) is 6.85. The van der Waals surface area contributed by atoms with E-state index in [1.807, 2.05) is 25.1 Å². The molecule has 0 radical (unpaired) electrons. The lowest BCUT2D eigenvalue weighted by Gasteiger charge is -2.14. The molecule has 0 fully saturated rings. The summed E-state index contributed by atoms with van der Waals surface area (Å²) in [5.41, 5.74) is 8.14. The van der Waals surface area contributed by atoms with E-state index in [-0.39, 0.29) is 17.7 Å². The molecule has 2 rings (SSSR count). The van der Waals surface area contributed by atoms with Crippen LogP contribution in [0, 0.1) is 5.82 Å². The van der Waals surface area contributed by atoms with Crippen molar-refractivity contribution in [2.45, 2.75) is 19.5 Å². The zero-order valence-corrected chi connectivity index (χ0v) is 11.8. The highest BCUT2D eigenvalue weighted by Gasteiger charge is 2.06. The number of amidine groups is 1. The van der Waals surface area contributed by atoms with Gasteiger partial charge in [-0.2, -0.15) is 0 Å². The topological polar surface area (TPSA) is 70.6 Å². The third-order valence-corrected chi connectivity index (χ3v) is 3.32. The molecule has 0 aliphatic heterocycles.